The fourth-order valence-corrected chi connectivity index (χ4v) is 3.38. The number of amides is 2. The van der Waals surface area contributed by atoms with Gasteiger partial charge in [-0.05, 0) is 25.0 Å². The number of carbonyl (C=O) groups excluding carboxylic acids is 2. The SMILES string of the molecule is COc1cc(OC)c(NC(=O)C2CCCN(C(=O)c3ccoc3)C2)cc1Cl. The fourth-order valence-electron chi connectivity index (χ4n) is 3.14. The maximum Gasteiger partial charge on any atom is 0.257 e. The van der Waals surface area contributed by atoms with Crippen LogP contribution in [0.25, 0.3) is 0 Å². The predicted octanol–water partition coefficient (Wildman–Crippen LogP) is 3.44. The van der Waals surface area contributed by atoms with Gasteiger partial charge in [-0.3, -0.25) is 9.59 Å². The average molecular weight is 393 g/mol. The van der Waals surface area contributed by atoms with Gasteiger partial charge in [0.25, 0.3) is 5.91 Å². The lowest BCUT2D eigenvalue weighted by molar-refractivity contribution is -0.121. The molecule has 1 unspecified atom stereocenters. The lowest BCUT2D eigenvalue weighted by atomic mass is 9.96. The highest BCUT2D eigenvalue weighted by molar-refractivity contribution is 6.32. The first-order valence-electron chi connectivity index (χ1n) is 8.57. The molecule has 1 atom stereocenters. The van der Waals surface area contributed by atoms with E-state index in [9.17, 15) is 9.59 Å². The van der Waals surface area contributed by atoms with Crippen molar-refractivity contribution in [1.29, 1.82) is 0 Å². The summed E-state index contributed by atoms with van der Waals surface area (Å²) >= 11 is 6.16. The Bertz CT molecular complexity index is 822. The normalized spacial score (nSPS) is 16.7. The summed E-state index contributed by atoms with van der Waals surface area (Å²) < 4.78 is 15.4. The van der Waals surface area contributed by atoms with Crippen LogP contribution in [0, 0.1) is 5.92 Å². The highest BCUT2D eigenvalue weighted by Gasteiger charge is 2.30. The van der Waals surface area contributed by atoms with E-state index < -0.39 is 0 Å². The van der Waals surface area contributed by atoms with Crippen LogP contribution >= 0.6 is 11.6 Å². The number of hydrogen-bond acceptors (Lipinski definition) is 5. The summed E-state index contributed by atoms with van der Waals surface area (Å²) in [4.78, 5) is 26.9. The summed E-state index contributed by atoms with van der Waals surface area (Å²) in [6, 6.07) is 4.83. The van der Waals surface area contributed by atoms with E-state index in [1.165, 1.54) is 26.7 Å². The molecule has 1 aromatic carbocycles. The van der Waals surface area contributed by atoms with Gasteiger partial charge in [0.1, 0.15) is 17.8 Å². The minimum Gasteiger partial charge on any atom is -0.495 e. The molecule has 1 aliphatic heterocycles. The second-order valence-corrected chi connectivity index (χ2v) is 6.69. The summed E-state index contributed by atoms with van der Waals surface area (Å²) in [6.45, 7) is 0.966. The Morgan fingerprint density at radius 1 is 1.26 bits per heavy atom. The van der Waals surface area contributed by atoms with Crippen LogP contribution in [-0.4, -0.2) is 44.0 Å². The number of rotatable bonds is 5. The molecule has 1 N–H and O–H groups in total. The lowest BCUT2D eigenvalue weighted by Gasteiger charge is -2.32. The van der Waals surface area contributed by atoms with Gasteiger partial charge in [0.05, 0.1) is 42.7 Å². The summed E-state index contributed by atoms with van der Waals surface area (Å²) in [5.74, 6) is 0.276. The van der Waals surface area contributed by atoms with Crippen molar-refractivity contribution in [2.45, 2.75) is 12.8 Å². The molecule has 2 heterocycles. The van der Waals surface area contributed by atoms with Gasteiger partial charge in [0, 0.05) is 19.2 Å². The number of furan rings is 1. The molecule has 0 saturated carbocycles. The van der Waals surface area contributed by atoms with Crippen molar-refractivity contribution in [2.75, 3.05) is 32.6 Å². The summed E-state index contributed by atoms with van der Waals surface area (Å²) in [7, 11) is 3.01. The molecule has 0 bridgehead atoms. The van der Waals surface area contributed by atoms with Crippen LogP contribution in [0.1, 0.15) is 23.2 Å². The standard InChI is InChI=1S/C19H21ClN2O5/c1-25-16-9-17(26-2)15(8-14(16)20)21-18(23)12-4-3-6-22(10-12)19(24)13-5-7-27-11-13/h5,7-9,11-12H,3-4,6,10H2,1-2H3,(H,21,23). The third-order valence-electron chi connectivity index (χ3n) is 4.58. The van der Waals surface area contributed by atoms with Crippen molar-refractivity contribution in [3.05, 3.63) is 41.3 Å². The van der Waals surface area contributed by atoms with Crippen LogP contribution in [-0.2, 0) is 4.79 Å². The number of methoxy groups -OCH3 is 2. The molecule has 0 radical (unpaired) electrons. The number of nitrogens with one attached hydrogen (secondary N) is 1. The highest BCUT2D eigenvalue weighted by atomic mass is 35.5. The molecule has 2 aromatic rings. The van der Waals surface area contributed by atoms with Crippen LogP contribution < -0.4 is 14.8 Å². The zero-order chi connectivity index (χ0) is 19.4. The van der Waals surface area contributed by atoms with E-state index >= 15 is 0 Å². The molecule has 0 spiro atoms. The van der Waals surface area contributed by atoms with Crippen LogP contribution in [0.4, 0.5) is 5.69 Å². The second kappa shape index (κ2) is 8.35. The Kier molecular flexibility index (Phi) is 5.91. The quantitative estimate of drug-likeness (QED) is 0.842. The van der Waals surface area contributed by atoms with Gasteiger partial charge in [-0.2, -0.15) is 0 Å². The van der Waals surface area contributed by atoms with Crippen molar-refractivity contribution >= 4 is 29.1 Å². The van der Waals surface area contributed by atoms with E-state index in [0.29, 0.717) is 47.3 Å². The molecular formula is C19H21ClN2O5. The smallest absolute Gasteiger partial charge is 0.257 e. The van der Waals surface area contributed by atoms with E-state index in [-0.39, 0.29) is 17.7 Å². The minimum absolute atomic E-state index is 0.133. The monoisotopic (exact) mass is 392 g/mol. The summed E-state index contributed by atoms with van der Waals surface area (Å²) in [6.07, 6.45) is 4.33. The topological polar surface area (TPSA) is 81.0 Å². The molecule has 3 rings (SSSR count). The van der Waals surface area contributed by atoms with E-state index in [1.54, 1.807) is 23.1 Å². The molecule has 27 heavy (non-hydrogen) atoms. The fraction of sp³-hybridized carbons (Fsp3) is 0.368. The Labute approximate surface area is 162 Å². The lowest BCUT2D eigenvalue weighted by Crippen LogP contribution is -2.43. The van der Waals surface area contributed by atoms with E-state index in [4.69, 9.17) is 25.5 Å². The van der Waals surface area contributed by atoms with Crippen molar-refractivity contribution in [3.8, 4) is 11.5 Å². The van der Waals surface area contributed by atoms with Crippen molar-refractivity contribution in [1.82, 2.24) is 4.90 Å². The average Bonchev–Trinajstić information content (AvgIpc) is 3.22. The first-order valence-corrected chi connectivity index (χ1v) is 8.95. The largest absolute Gasteiger partial charge is 0.495 e. The summed E-state index contributed by atoms with van der Waals surface area (Å²) in [5, 5.41) is 3.23. The zero-order valence-corrected chi connectivity index (χ0v) is 15.9. The first kappa shape index (κ1) is 19.1. The Morgan fingerprint density at radius 2 is 2.04 bits per heavy atom. The van der Waals surface area contributed by atoms with Gasteiger partial charge < -0.3 is 24.1 Å². The number of nitrogens with zero attached hydrogens (tertiary/aromatic N) is 1. The van der Waals surface area contributed by atoms with Gasteiger partial charge in [-0.15, -0.1) is 0 Å². The molecule has 1 fully saturated rings. The number of piperidine rings is 1. The number of likely N-dealkylation sites (tertiary alicyclic amines) is 1. The highest BCUT2D eigenvalue weighted by Crippen LogP contribution is 2.36. The van der Waals surface area contributed by atoms with Crippen LogP contribution in [0.2, 0.25) is 5.02 Å². The minimum atomic E-state index is -0.319. The molecule has 0 aliphatic carbocycles. The van der Waals surface area contributed by atoms with Gasteiger partial charge in [0.15, 0.2) is 0 Å². The predicted molar refractivity (Wildman–Crippen MR) is 101 cm³/mol. The van der Waals surface area contributed by atoms with Gasteiger partial charge in [0.2, 0.25) is 5.91 Å². The van der Waals surface area contributed by atoms with Crippen molar-refractivity contribution in [3.63, 3.8) is 0 Å². The molecule has 8 heteroatoms. The molecule has 2 amide bonds. The van der Waals surface area contributed by atoms with E-state index in [1.807, 2.05) is 0 Å². The first-order chi connectivity index (χ1) is 13.0. The number of carbonyl (C=O) groups is 2. The molecule has 1 saturated heterocycles. The summed E-state index contributed by atoms with van der Waals surface area (Å²) in [5.41, 5.74) is 0.950. The second-order valence-electron chi connectivity index (χ2n) is 6.28. The molecule has 1 aromatic heterocycles. The Morgan fingerprint density at radius 3 is 2.70 bits per heavy atom. The van der Waals surface area contributed by atoms with Crippen LogP contribution in [0.15, 0.2) is 35.1 Å². The molecule has 7 nitrogen and oxygen atoms in total. The van der Waals surface area contributed by atoms with Crippen LogP contribution in [0.5, 0.6) is 11.5 Å². The number of benzene rings is 1. The maximum absolute atomic E-state index is 12.8. The third-order valence-corrected chi connectivity index (χ3v) is 4.87. The van der Waals surface area contributed by atoms with Gasteiger partial charge >= 0.3 is 0 Å². The number of anilines is 1. The Hall–Kier alpha value is -2.67. The maximum atomic E-state index is 12.8. The third kappa shape index (κ3) is 4.19. The number of ether oxygens (including phenoxy) is 2. The number of halogens is 1. The van der Waals surface area contributed by atoms with Crippen molar-refractivity contribution < 1.29 is 23.5 Å². The molecule has 1 aliphatic rings. The Balaban J connectivity index is 1.71. The van der Waals surface area contributed by atoms with Crippen LogP contribution in [0.3, 0.4) is 0 Å². The number of hydrogen-bond donors (Lipinski definition) is 1. The van der Waals surface area contributed by atoms with Gasteiger partial charge in [-0.25, -0.2) is 0 Å². The van der Waals surface area contributed by atoms with E-state index in [2.05, 4.69) is 5.32 Å². The zero-order valence-electron chi connectivity index (χ0n) is 15.2. The van der Waals surface area contributed by atoms with Gasteiger partial charge in [-0.1, -0.05) is 11.6 Å². The molecule has 144 valence electrons. The molecular weight excluding hydrogens is 372 g/mol. The van der Waals surface area contributed by atoms with E-state index in [0.717, 1.165) is 6.42 Å². The van der Waals surface area contributed by atoms with Crippen molar-refractivity contribution in [2.24, 2.45) is 5.92 Å².